The summed E-state index contributed by atoms with van der Waals surface area (Å²) in [7, 11) is -3.21. The lowest BCUT2D eigenvalue weighted by atomic mass is 10.2. The summed E-state index contributed by atoms with van der Waals surface area (Å²) in [5.74, 6) is 0.657. The standard InChI is InChI=1S/C14H14BrNO3S/c1-20(17,18)13-5-3-2-4-11(13)8-9-19-12-6-7-14(15)16-10-12/h2-7,10H,8-9H2,1H3. The van der Waals surface area contributed by atoms with Gasteiger partial charge in [0, 0.05) is 12.7 Å². The molecule has 106 valence electrons. The van der Waals surface area contributed by atoms with E-state index in [1.165, 1.54) is 6.26 Å². The van der Waals surface area contributed by atoms with Crippen LogP contribution in [0.2, 0.25) is 0 Å². The maximum Gasteiger partial charge on any atom is 0.175 e. The molecule has 0 saturated carbocycles. The minimum absolute atomic E-state index is 0.359. The molecule has 4 nitrogen and oxygen atoms in total. The van der Waals surface area contributed by atoms with Crippen molar-refractivity contribution in [2.75, 3.05) is 12.9 Å². The highest BCUT2D eigenvalue weighted by Gasteiger charge is 2.12. The molecule has 0 amide bonds. The SMILES string of the molecule is CS(=O)(=O)c1ccccc1CCOc1ccc(Br)nc1. The molecule has 0 fully saturated rings. The van der Waals surface area contributed by atoms with Crippen LogP contribution in [0.1, 0.15) is 5.56 Å². The fraction of sp³-hybridized carbons (Fsp3) is 0.214. The van der Waals surface area contributed by atoms with E-state index < -0.39 is 9.84 Å². The van der Waals surface area contributed by atoms with Crippen LogP contribution in [0.5, 0.6) is 5.75 Å². The fourth-order valence-corrected chi connectivity index (χ4v) is 3.01. The minimum Gasteiger partial charge on any atom is -0.492 e. The summed E-state index contributed by atoms with van der Waals surface area (Å²) in [6, 6.07) is 10.6. The van der Waals surface area contributed by atoms with Crippen molar-refractivity contribution < 1.29 is 13.2 Å². The zero-order valence-corrected chi connectivity index (χ0v) is 13.3. The van der Waals surface area contributed by atoms with Gasteiger partial charge >= 0.3 is 0 Å². The second kappa shape index (κ2) is 6.37. The van der Waals surface area contributed by atoms with Crippen molar-refractivity contribution in [1.82, 2.24) is 4.98 Å². The lowest BCUT2D eigenvalue weighted by Gasteiger charge is -2.09. The molecule has 0 bridgehead atoms. The fourth-order valence-electron chi connectivity index (χ4n) is 1.80. The molecular weight excluding hydrogens is 342 g/mol. The van der Waals surface area contributed by atoms with Crippen LogP contribution < -0.4 is 4.74 Å². The van der Waals surface area contributed by atoms with Gasteiger partial charge in [0.2, 0.25) is 0 Å². The summed E-state index contributed by atoms with van der Waals surface area (Å²) in [5.41, 5.74) is 0.764. The molecule has 1 aromatic heterocycles. The van der Waals surface area contributed by atoms with E-state index in [0.717, 1.165) is 10.2 Å². The summed E-state index contributed by atoms with van der Waals surface area (Å²) in [5, 5.41) is 0. The van der Waals surface area contributed by atoms with Gasteiger partial charge in [-0.15, -0.1) is 0 Å². The molecule has 0 aliphatic heterocycles. The second-order valence-electron chi connectivity index (χ2n) is 4.29. The number of hydrogen-bond acceptors (Lipinski definition) is 4. The molecule has 0 spiro atoms. The van der Waals surface area contributed by atoms with Gasteiger partial charge in [-0.1, -0.05) is 18.2 Å². The number of nitrogens with zero attached hydrogens (tertiary/aromatic N) is 1. The Morgan fingerprint density at radius 1 is 1.20 bits per heavy atom. The molecule has 0 N–H and O–H groups in total. The summed E-state index contributed by atoms with van der Waals surface area (Å²) in [4.78, 5) is 4.42. The van der Waals surface area contributed by atoms with Crippen LogP contribution in [0.4, 0.5) is 0 Å². The van der Waals surface area contributed by atoms with Crippen LogP contribution in [-0.4, -0.2) is 26.3 Å². The first kappa shape index (κ1) is 15.0. The Labute approximate surface area is 126 Å². The van der Waals surface area contributed by atoms with Crippen molar-refractivity contribution in [3.05, 3.63) is 52.8 Å². The van der Waals surface area contributed by atoms with Crippen molar-refractivity contribution in [3.8, 4) is 5.75 Å². The predicted octanol–water partition coefficient (Wildman–Crippen LogP) is 2.87. The Kier molecular flexibility index (Phi) is 4.77. The Bertz CT molecular complexity index is 684. The second-order valence-corrected chi connectivity index (χ2v) is 7.09. The van der Waals surface area contributed by atoms with Crippen molar-refractivity contribution in [3.63, 3.8) is 0 Å². The smallest absolute Gasteiger partial charge is 0.175 e. The van der Waals surface area contributed by atoms with Crippen molar-refractivity contribution >= 4 is 25.8 Å². The largest absolute Gasteiger partial charge is 0.492 e. The molecule has 0 atom stereocenters. The van der Waals surface area contributed by atoms with Crippen molar-refractivity contribution in [1.29, 1.82) is 0 Å². The molecular formula is C14H14BrNO3S. The summed E-state index contributed by atoms with van der Waals surface area (Å²) in [6.07, 6.45) is 3.36. The van der Waals surface area contributed by atoms with Gasteiger partial charge in [-0.3, -0.25) is 0 Å². The first-order valence-electron chi connectivity index (χ1n) is 5.99. The molecule has 0 aliphatic carbocycles. The van der Waals surface area contributed by atoms with E-state index in [4.69, 9.17) is 4.74 Å². The quantitative estimate of drug-likeness (QED) is 0.773. The van der Waals surface area contributed by atoms with E-state index in [1.807, 2.05) is 6.07 Å². The summed E-state index contributed by atoms with van der Waals surface area (Å²) < 4.78 is 29.6. The Hall–Kier alpha value is -1.40. The maximum atomic E-state index is 11.7. The third kappa shape index (κ3) is 4.05. The summed E-state index contributed by atoms with van der Waals surface area (Å²) in [6.45, 7) is 0.399. The number of pyridine rings is 1. The van der Waals surface area contributed by atoms with Crippen LogP contribution in [0.15, 0.2) is 52.1 Å². The minimum atomic E-state index is -3.21. The topological polar surface area (TPSA) is 56.3 Å². The van der Waals surface area contributed by atoms with E-state index in [0.29, 0.717) is 23.7 Å². The van der Waals surface area contributed by atoms with Gasteiger partial charge in [0.25, 0.3) is 0 Å². The van der Waals surface area contributed by atoms with E-state index >= 15 is 0 Å². The van der Waals surface area contributed by atoms with Crippen LogP contribution in [-0.2, 0) is 16.3 Å². The van der Waals surface area contributed by atoms with E-state index in [-0.39, 0.29) is 0 Å². The first-order chi connectivity index (χ1) is 9.47. The highest BCUT2D eigenvalue weighted by Crippen LogP contribution is 2.17. The number of halogens is 1. The van der Waals surface area contributed by atoms with E-state index in [1.54, 1.807) is 36.5 Å². The maximum absolute atomic E-state index is 11.7. The average Bonchev–Trinajstić information content (AvgIpc) is 2.40. The average molecular weight is 356 g/mol. The van der Waals surface area contributed by atoms with Crippen molar-refractivity contribution in [2.24, 2.45) is 0 Å². The molecule has 2 rings (SSSR count). The van der Waals surface area contributed by atoms with Crippen LogP contribution in [0.3, 0.4) is 0 Å². The molecule has 6 heteroatoms. The molecule has 0 aliphatic rings. The highest BCUT2D eigenvalue weighted by molar-refractivity contribution is 9.10. The predicted molar refractivity (Wildman–Crippen MR) is 80.7 cm³/mol. The van der Waals surface area contributed by atoms with E-state index in [9.17, 15) is 8.42 Å². The van der Waals surface area contributed by atoms with Gasteiger partial charge in [-0.05, 0) is 39.7 Å². The number of aromatic nitrogens is 1. The van der Waals surface area contributed by atoms with Gasteiger partial charge in [-0.2, -0.15) is 0 Å². The van der Waals surface area contributed by atoms with Crippen LogP contribution >= 0.6 is 15.9 Å². The van der Waals surface area contributed by atoms with Crippen molar-refractivity contribution in [2.45, 2.75) is 11.3 Å². The van der Waals surface area contributed by atoms with E-state index in [2.05, 4.69) is 20.9 Å². The molecule has 0 unspecified atom stereocenters. The Morgan fingerprint density at radius 3 is 2.60 bits per heavy atom. The number of sulfone groups is 1. The molecule has 1 heterocycles. The highest BCUT2D eigenvalue weighted by atomic mass is 79.9. The van der Waals surface area contributed by atoms with Gasteiger partial charge < -0.3 is 4.74 Å². The molecule has 0 saturated heterocycles. The monoisotopic (exact) mass is 355 g/mol. The Morgan fingerprint density at radius 2 is 1.95 bits per heavy atom. The molecule has 1 aromatic carbocycles. The lowest BCUT2D eigenvalue weighted by Crippen LogP contribution is -2.07. The number of benzene rings is 1. The zero-order chi connectivity index (χ0) is 14.6. The van der Waals surface area contributed by atoms with Gasteiger partial charge in [-0.25, -0.2) is 13.4 Å². The molecule has 20 heavy (non-hydrogen) atoms. The van der Waals surface area contributed by atoms with Crippen LogP contribution in [0.25, 0.3) is 0 Å². The third-order valence-corrected chi connectivity index (χ3v) is 4.38. The number of rotatable bonds is 5. The van der Waals surface area contributed by atoms with Gasteiger partial charge in [0.15, 0.2) is 9.84 Å². The molecule has 2 aromatic rings. The number of ether oxygens (including phenoxy) is 1. The van der Waals surface area contributed by atoms with Gasteiger partial charge in [0.1, 0.15) is 10.4 Å². The van der Waals surface area contributed by atoms with Gasteiger partial charge in [0.05, 0.1) is 17.7 Å². The zero-order valence-electron chi connectivity index (χ0n) is 10.9. The lowest BCUT2D eigenvalue weighted by molar-refractivity contribution is 0.319. The Balaban J connectivity index is 2.03. The number of hydrogen-bond donors (Lipinski definition) is 0. The normalized spacial score (nSPS) is 11.3. The third-order valence-electron chi connectivity index (χ3n) is 2.71. The van der Waals surface area contributed by atoms with Crippen LogP contribution in [0, 0.1) is 0 Å². The molecule has 0 radical (unpaired) electrons. The first-order valence-corrected chi connectivity index (χ1v) is 8.67. The summed E-state index contributed by atoms with van der Waals surface area (Å²) >= 11 is 3.25.